The summed E-state index contributed by atoms with van der Waals surface area (Å²) in [6.07, 6.45) is 25.3. The van der Waals surface area contributed by atoms with Gasteiger partial charge in [0.1, 0.15) is 34.5 Å². The summed E-state index contributed by atoms with van der Waals surface area (Å²) >= 11 is 0. The van der Waals surface area contributed by atoms with Gasteiger partial charge in [-0.15, -0.1) is 29.9 Å². The number of hydrogen-bond donors (Lipinski definition) is 0. The van der Waals surface area contributed by atoms with Gasteiger partial charge in [-0.05, 0) is 181 Å². The van der Waals surface area contributed by atoms with Crippen LogP contribution in [0.15, 0.2) is 146 Å². The number of nitrogens with zero attached hydrogens (tertiary/aromatic N) is 6. The van der Waals surface area contributed by atoms with Crippen LogP contribution >= 0.6 is 0 Å². The molecule has 2 heterocycles. The van der Waals surface area contributed by atoms with Crippen molar-refractivity contribution in [1.29, 1.82) is 0 Å². The van der Waals surface area contributed by atoms with Crippen LogP contribution < -0.4 is 28.4 Å². The van der Waals surface area contributed by atoms with Crippen molar-refractivity contribution in [1.82, 2.24) is 29.9 Å². The Kier molecular flexibility index (Phi) is 16.1. The lowest BCUT2D eigenvalue weighted by Crippen LogP contribution is -2.05. The van der Waals surface area contributed by atoms with Gasteiger partial charge in [-0.25, -0.2) is 0 Å². The van der Waals surface area contributed by atoms with Crippen LogP contribution in [0.4, 0.5) is 0 Å². The summed E-state index contributed by atoms with van der Waals surface area (Å²) in [6.45, 7) is 0. The van der Waals surface area contributed by atoms with E-state index >= 15 is 0 Å². The molecule has 0 amide bonds. The molecular weight excluding hydrogens is 973 g/mol. The molecule has 6 aromatic carbocycles. The molecule has 0 radical (unpaired) electrons. The third kappa shape index (κ3) is 13.3. The lowest BCUT2D eigenvalue weighted by atomic mass is 9.84. The van der Waals surface area contributed by atoms with E-state index in [1.54, 1.807) is 0 Å². The van der Waals surface area contributed by atoms with Gasteiger partial charge in [0.2, 0.25) is 0 Å². The maximum absolute atomic E-state index is 6.28. The average Bonchev–Trinajstić information content (AvgIpc) is 3.50. The molecule has 0 N–H and O–H groups in total. The fourth-order valence-electron chi connectivity index (χ4n) is 12.0. The Labute approximate surface area is 458 Å². The number of ether oxygens (including phenoxy) is 6. The van der Waals surface area contributed by atoms with Crippen LogP contribution in [0, 0.1) is 0 Å². The molecule has 398 valence electrons. The molecule has 12 rings (SSSR count). The van der Waals surface area contributed by atoms with E-state index in [2.05, 4.69) is 78.4 Å². The summed E-state index contributed by atoms with van der Waals surface area (Å²) in [5.74, 6) is 5.91. The maximum Gasteiger partial charge on any atom is 0.331 e. The largest absolute Gasteiger partial charge is 0.424 e. The Hall–Kier alpha value is -7.86. The van der Waals surface area contributed by atoms with Crippen molar-refractivity contribution in [2.45, 2.75) is 152 Å². The van der Waals surface area contributed by atoms with Gasteiger partial charge in [-0.1, -0.05) is 150 Å². The van der Waals surface area contributed by atoms with Crippen LogP contribution in [0.2, 0.25) is 0 Å². The fourth-order valence-corrected chi connectivity index (χ4v) is 12.0. The molecule has 0 spiro atoms. The summed E-state index contributed by atoms with van der Waals surface area (Å²) in [7, 11) is 0. The minimum absolute atomic E-state index is 0.0440. The number of rotatable bonds is 17. The van der Waals surface area contributed by atoms with Gasteiger partial charge in [-0.3, -0.25) is 0 Å². The monoisotopic (exact) mass is 1040 g/mol. The second-order valence-corrected chi connectivity index (χ2v) is 21.6. The lowest BCUT2D eigenvalue weighted by molar-refractivity contribution is 0.360. The second kappa shape index (κ2) is 24.6. The maximum atomic E-state index is 6.28. The first-order valence-electron chi connectivity index (χ1n) is 28.7. The van der Waals surface area contributed by atoms with Crippen LogP contribution in [-0.2, 0) is 0 Å². The minimum Gasteiger partial charge on any atom is -0.424 e. The molecule has 4 fully saturated rings. The van der Waals surface area contributed by atoms with E-state index in [0.29, 0.717) is 58.2 Å². The molecule has 12 nitrogen and oxygen atoms in total. The van der Waals surface area contributed by atoms with Crippen LogP contribution in [0.3, 0.4) is 0 Å². The predicted octanol–water partition coefficient (Wildman–Crippen LogP) is 18.7. The number of hydrogen-bond acceptors (Lipinski definition) is 12. The molecule has 78 heavy (non-hydrogen) atoms. The third-order valence-corrected chi connectivity index (χ3v) is 16.3. The van der Waals surface area contributed by atoms with Crippen molar-refractivity contribution in [3.8, 4) is 81.7 Å². The smallest absolute Gasteiger partial charge is 0.331 e. The molecule has 4 aliphatic rings. The van der Waals surface area contributed by atoms with Gasteiger partial charge < -0.3 is 28.4 Å². The molecule has 0 saturated heterocycles. The number of aromatic nitrogens is 6. The zero-order chi connectivity index (χ0) is 52.3. The standard InChI is InChI=1S/C66H68N6O6/c1-5-13-45(14-6-1)49-21-33-55(34-22-49)73-61-67-62(74-56-35-23-50(24-36-56)46-15-7-2-8-16-46)70-65(69-61)77-59-41-29-53(30-42-59)54-31-43-60(44-32-54)78-66-71-63(75-57-37-25-51(26-38-57)47-17-9-3-10-18-47)68-64(72-66)76-58-39-27-52(28-40-58)48-19-11-4-12-20-48/h21-48H,1-20H2. The first kappa shape index (κ1) is 50.9. The summed E-state index contributed by atoms with van der Waals surface area (Å²) in [5, 5.41) is 0. The fraction of sp³-hybridized carbons (Fsp3) is 0.364. The van der Waals surface area contributed by atoms with Crippen LogP contribution in [-0.4, -0.2) is 29.9 Å². The Morgan fingerprint density at radius 1 is 0.205 bits per heavy atom. The Balaban J connectivity index is 0.738. The normalized spacial score (nSPS) is 16.8. The van der Waals surface area contributed by atoms with E-state index < -0.39 is 0 Å². The number of benzene rings is 6. The van der Waals surface area contributed by atoms with E-state index in [0.717, 1.165) is 11.1 Å². The topological polar surface area (TPSA) is 133 Å². The zero-order valence-corrected chi connectivity index (χ0v) is 44.4. The summed E-state index contributed by atoms with van der Waals surface area (Å²) in [6, 6.07) is 48.8. The van der Waals surface area contributed by atoms with Gasteiger partial charge in [0.05, 0.1) is 0 Å². The minimum atomic E-state index is 0.0440. The van der Waals surface area contributed by atoms with E-state index in [-0.39, 0.29) is 36.1 Å². The highest BCUT2D eigenvalue weighted by atomic mass is 16.5. The summed E-state index contributed by atoms with van der Waals surface area (Å²) < 4.78 is 37.5. The molecule has 12 heteroatoms. The molecule has 8 aromatic rings. The highest BCUT2D eigenvalue weighted by Gasteiger charge is 2.21. The second-order valence-electron chi connectivity index (χ2n) is 21.6. The van der Waals surface area contributed by atoms with Gasteiger partial charge in [0.15, 0.2) is 0 Å². The Morgan fingerprint density at radius 3 is 0.551 bits per heavy atom. The van der Waals surface area contributed by atoms with Crippen molar-refractivity contribution >= 4 is 0 Å². The van der Waals surface area contributed by atoms with Gasteiger partial charge >= 0.3 is 36.1 Å². The molecule has 0 unspecified atom stereocenters. The van der Waals surface area contributed by atoms with Crippen molar-refractivity contribution in [3.05, 3.63) is 168 Å². The summed E-state index contributed by atoms with van der Waals surface area (Å²) in [5.41, 5.74) is 7.28. The van der Waals surface area contributed by atoms with E-state index in [4.69, 9.17) is 28.4 Å². The van der Waals surface area contributed by atoms with Crippen molar-refractivity contribution in [2.75, 3.05) is 0 Å². The first-order chi connectivity index (χ1) is 38.5. The van der Waals surface area contributed by atoms with Gasteiger partial charge in [0, 0.05) is 0 Å². The van der Waals surface area contributed by atoms with Crippen molar-refractivity contribution < 1.29 is 28.4 Å². The zero-order valence-electron chi connectivity index (χ0n) is 44.4. The van der Waals surface area contributed by atoms with Gasteiger partial charge in [-0.2, -0.15) is 0 Å². The quantitative estimate of drug-likeness (QED) is 0.0860. The Morgan fingerprint density at radius 2 is 0.372 bits per heavy atom. The van der Waals surface area contributed by atoms with Crippen LogP contribution in [0.25, 0.3) is 11.1 Å². The highest BCUT2D eigenvalue weighted by molar-refractivity contribution is 5.65. The first-order valence-corrected chi connectivity index (χ1v) is 28.7. The molecule has 2 aromatic heterocycles. The van der Waals surface area contributed by atoms with E-state index in [1.807, 2.05) is 97.1 Å². The molecule has 0 bridgehead atoms. The molecule has 0 aliphatic heterocycles. The molecular formula is C66H68N6O6. The van der Waals surface area contributed by atoms with Crippen LogP contribution in [0.5, 0.6) is 70.6 Å². The van der Waals surface area contributed by atoms with Crippen LogP contribution in [0.1, 0.15) is 174 Å². The van der Waals surface area contributed by atoms with E-state index in [1.165, 1.54) is 151 Å². The Bertz CT molecular complexity index is 2810. The lowest BCUT2D eigenvalue weighted by Gasteiger charge is -2.22. The predicted molar refractivity (Wildman–Crippen MR) is 301 cm³/mol. The summed E-state index contributed by atoms with van der Waals surface area (Å²) in [4.78, 5) is 27.5. The molecule has 0 atom stereocenters. The molecule has 4 saturated carbocycles. The third-order valence-electron chi connectivity index (χ3n) is 16.3. The average molecular weight is 1040 g/mol. The van der Waals surface area contributed by atoms with E-state index in [9.17, 15) is 0 Å². The van der Waals surface area contributed by atoms with Crippen molar-refractivity contribution in [3.63, 3.8) is 0 Å². The van der Waals surface area contributed by atoms with Gasteiger partial charge in [0.25, 0.3) is 0 Å². The highest BCUT2D eigenvalue weighted by Crippen LogP contribution is 2.39. The molecule has 4 aliphatic carbocycles. The SMILES string of the molecule is c1cc(-c2ccc(Oc3nc(Oc4ccc(C5CCCCC5)cc4)nc(Oc4ccc(C5CCCCC5)cc4)n3)cc2)ccc1Oc1nc(Oc2ccc(C3CCCCC3)cc2)nc(Oc2ccc(C3CCCCC3)cc2)n1. The van der Waals surface area contributed by atoms with Crippen molar-refractivity contribution in [2.24, 2.45) is 0 Å².